The molecule has 0 amide bonds. The predicted octanol–water partition coefficient (Wildman–Crippen LogP) is 6.06. The van der Waals surface area contributed by atoms with E-state index in [0.717, 1.165) is 30.8 Å². The Morgan fingerprint density at radius 2 is 1.33 bits per heavy atom. The lowest BCUT2D eigenvalue weighted by Gasteiger charge is -2.28. The van der Waals surface area contributed by atoms with E-state index >= 15 is 0 Å². The van der Waals surface area contributed by atoms with E-state index in [2.05, 4.69) is 60.1 Å². The van der Waals surface area contributed by atoms with Crippen LogP contribution in [0.1, 0.15) is 40.0 Å². The number of rotatable bonds is 7. The fraction of sp³-hybridized carbons (Fsp3) is 0.765. The van der Waals surface area contributed by atoms with Crippen LogP contribution in [0.2, 0.25) is 39.3 Å². The normalized spacial score (nSPS) is 20.3. The smallest absolute Gasteiger partial charge is 0.242 e. The molecule has 122 valence electrons. The van der Waals surface area contributed by atoms with E-state index in [0.29, 0.717) is 5.92 Å². The van der Waals surface area contributed by atoms with Gasteiger partial charge in [0.25, 0.3) is 0 Å². The van der Waals surface area contributed by atoms with Crippen molar-refractivity contribution in [2.75, 3.05) is 0 Å². The Hall–Kier alpha value is -0.486. The van der Waals surface area contributed by atoms with Crippen LogP contribution in [0.3, 0.4) is 0 Å². The zero-order chi connectivity index (χ0) is 16.4. The van der Waals surface area contributed by atoms with Crippen molar-refractivity contribution < 1.29 is 8.85 Å². The summed E-state index contributed by atoms with van der Waals surface area (Å²) >= 11 is 0. The highest BCUT2D eigenvalue weighted by Gasteiger charge is 2.37. The zero-order valence-electron chi connectivity index (χ0n) is 15.5. The molecule has 1 aliphatic carbocycles. The van der Waals surface area contributed by atoms with E-state index in [1.807, 2.05) is 0 Å². The van der Waals surface area contributed by atoms with Gasteiger partial charge in [-0.1, -0.05) is 26.3 Å². The van der Waals surface area contributed by atoms with Crippen LogP contribution in [0, 0.1) is 5.92 Å². The molecule has 0 aliphatic heterocycles. The van der Waals surface area contributed by atoms with Crippen LogP contribution < -0.4 is 0 Å². The molecular weight excluding hydrogens is 292 g/mol. The lowest BCUT2D eigenvalue weighted by Crippen LogP contribution is -2.30. The molecule has 0 radical (unpaired) electrons. The van der Waals surface area contributed by atoms with Gasteiger partial charge in [-0.05, 0) is 64.1 Å². The summed E-state index contributed by atoms with van der Waals surface area (Å²) in [6, 6.07) is 0. The molecule has 0 spiro atoms. The van der Waals surface area contributed by atoms with E-state index in [4.69, 9.17) is 8.85 Å². The Labute approximate surface area is 133 Å². The Balaban J connectivity index is 3.35. The average molecular weight is 327 g/mol. The van der Waals surface area contributed by atoms with Gasteiger partial charge in [0.1, 0.15) is 11.5 Å². The van der Waals surface area contributed by atoms with E-state index in [1.54, 1.807) is 5.57 Å². The van der Waals surface area contributed by atoms with Gasteiger partial charge in [-0.2, -0.15) is 0 Å². The largest absolute Gasteiger partial charge is 0.544 e. The molecule has 1 aliphatic rings. The predicted molar refractivity (Wildman–Crippen MR) is 97.3 cm³/mol. The Kier molecular flexibility index (Phi) is 5.95. The molecule has 0 fully saturated rings. The first-order chi connectivity index (χ1) is 9.54. The van der Waals surface area contributed by atoms with E-state index in [9.17, 15) is 0 Å². The van der Waals surface area contributed by atoms with Crippen molar-refractivity contribution in [2.45, 2.75) is 79.3 Å². The second kappa shape index (κ2) is 6.73. The third kappa shape index (κ3) is 4.75. The zero-order valence-corrected chi connectivity index (χ0v) is 17.5. The van der Waals surface area contributed by atoms with E-state index in [1.165, 1.54) is 5.57 Å². The topological polar surface area (TPSA) is 18.5 Å². The SMILES string of the molecule is CCC1=C(CC)C(CC)C(O[Si](C)(C)C)=C1O[Si](C)(C)C. The van der Waals surface area contributed by atoms with Crippen LogP contribution in [-0.4, -0.2) is 16.6 Å². The molecule has 1 atom stereocenters. The molecule has 0 aromatic rings. The van der Waals surface area contributed by atoms with Crippen LogP contribution in [-0.2, 0) is 8.85 Å². The molecule has 0 N–H and O–H groups in total. The van der Waals surface area contributed by atoms with Crippen LogP contribution in [0.4, 0.5) is 0 Å². The van der Waals surface area contributed by atoms with E-state index < -0.39 is 16.6 Å². The highest BCUT2D eigenvalue weighted by Crippen LogP contribution is 2.45. The van der Waals surface area contributed by atoms with E-state index in [-0.39, 0.29) is 0 Å². The minimum absolute atomic E-state index is 0.433. The third-order valence-electron chi connectivity index (χ3n) is 3.59. The van der Waals surface area contributed by atoms with Gasteiger partial charge >= 0.3 is 0 Å². The van der Waals surface area contributed by atoms with Crippen LogP contribution in [0.25, 0.3) is 0 Å². The van der Waals surface area contributed by atoms with Crippen molar-refractivity contribution in [3.05, 3.63) is 22.7 Å². The Morgan fingerprint density at radius 3 is 1.67 bits per heavy atom. The number of hydrogen-bond acceptors (Lipinski definition) is 2. The monoisotopic (exact) mass is 326 g/mol. The van der Waals surface area contributed by atoms with Gasteiger partial charge in [0.15, 0.2) is 0 Å². The van der Waals surface area contributed by atoms with Crippen molar-refractivity contribution in [1.29, 1.82) is 0 Å². The summed E-state index contributed by atoms with van der Waals surface area (Å²) in [4.78, 5) is 0. The van der Waals surface area contributed by atoms with Gasteiger partial charge in [-0.15, -0.1) is 0 Å². The summed E-state index contributed by atoms with van der Waals surface area (Å²) in [5.41, 5.74) is 2.96. The minimum Gasteiger partial charge on any atom is -0.544 e. The Morgan fingerprint density at radius 1 is 0.810 bits per heavy atom. The highest BCUT2D eigenvalue weighted by atomic mass is 28.4. The van der Waals surface area contributed by atoms with Gasteiger partial charge in [0.05, 0.1) is 0 Å². The van der Waals surface area contributed by atoms with Crippen molar-refractivity contribution in [3.8, 4) is 0 Å². The van der Waals surface area contributed by atoms with Gasteiger partial charge in [0.2, 0.25) is 16.6 Å². The quantitative estimate of drug-likeness (QED) is 0.530. The molecule has 0 saturated heterocycles. The minimum atomic E-state index is -1.64. The third-order valence-corrected chi connectivity index (χ3v) is 5.24. The first-order valence-electron chi connectivity index (χ1n) is 8.38. The van der Waals surface area contributed by atoms with Crippen molar-refractivity contribution in [3.63, 3.8) is 0 Å². The summed E-state index contributed by atoms with van der Waals surface area (Å²) in [7, 11) is -3.27. The van der Waals surface area contributed by atoms with Crippen LogP contribution in [0.15, 0.2) is 22.7 Å². The molecular formula is C17H34O2Si2. The first kappa shape index (κ1) is 18.6. The van der Waals surface area contributed by atoms with Crippen LogP contribution in [0.5, 0.6) is 0 Å². The lowest BCUT2D eigenvalue weighted by atomic mass is 9.94. The van der Waals surface area contributed by atoms with Gasteiger partial charge in [-0.3, -0.25) is 0 Å². The molecule has 2 nitrogen and oxygen atoms in total. The van der Waals surface area contributed by atoms with Gasteiger partial charge in [0, 0.05) is 5.92 Å². The molecule has 0 saturated carbocycles. The fourth-order valence-corrected chi connectivity index (χ4v) is 4.70. The summed E-state index contributed by atoms with van der Waals surface area (Å²) in [5.74, 6) is 2.68. The van der Waals surface area contributed by atoms with Crippen LogP contribution >= 0.6 is 0 Å². The second-order valence-electron chi connectivity index (χ2n) is 7.79. The maximum Gasteiger partial charge on any atom is 0.242 e. The number of allylic oxidation sites excluding steroid dienone is 2. The molecule has 4 heteroatoms. The Bertz CT molecular complexity index is 437. The highest BCUT2D eigenvalue weighted by molar-refractivity contribution is 6.70. The molecule has 21 heavy (non-hydrogen) atoms. The summed E-state index contributed by atoms with van der Waals surface area (Å²) in [5, 5.41) is 0. The van der Waals surface area contributed by atoms with Crippen molar-refractivity contribution in [1.82, 2.24) is 0 Å². The lowest BCUT2D eigenvalue weighted by molar-refractivity contribution is 0.317. The standard InChI is InChI=1S/C17H34O2Si2/c1-10-13-14(11-2)16(18-20(4,5)6)17(15(13)12-3)19-21(7,8)9/h14H,10-12H2,1-9H3. The summed E-state index contributed by atoms with van der Waals surface area (Å²) in [6.07, 6.45) is 3.24. The molecule has 0 heterocycles. The average Bonchev–Trinajstić information content (AvgIpc) is 2.58. The first-order valence-corrected chi connectivity index (χ1v) is 15.2. The summed E-state index contributed by atoms with van der Waals surface area (Å²) < 4.78 is 13.0. The maximum atomic E-state index is 6.50. The molecule has 1 unspecified atom stereocenters. The molecule has 1 rings (SSSR count). The molecule has 0 bridgehead atoms. The second-order valence-corrected chi connectivity index (χ2v) is 16.7. The van der Waals surface area contributed by atoms with Crippen molar-refractivity contribution in [2.24, 2.45) is 5.92 Å². The number of hydrogen-bond donors (Lipinski definition) is 0. The molecule has 0 aromatic carbocycles. The van der Waals surface area contributed by atoms with Crippen molar-refractivity contribution >= 4 is 16.6 Å². The fourth-order valence-electron chi connectivity index (χ4n) is 2.97. The summed E-state index contributed by atoms with van der Waals surface area (Å²) in [6.45, 7) is 20.3. The van der Waals surface area contributed by atoms with Gasteiger partial charge < -0.3 is 8.85 Å². The molecule has 0 aromatic heterocycles. The van der Waals surface area contributed by atoms with Gasteiger partial charge in [-0.25, -0.2) is 0 Å². The maximum absolute atomic E-state index is 6.50.